The summed E-state index contributed by atoms with van der Waals surface area (Å²) in [5.74, 6) is 0.943. The number of para-hydroxylation sites is 1. The van der Waals surface area contributed by atoms with E-state index in [-0.39, 0.29) is 5.91 Å². The van der Waals surface area contributed by atoms with Crippen LogP contribution in [0.25, 0.3) is 0 Å². The summed E-state index contributed by atoms with van der Waals surface area (Å²) in [6.45, 7) is 4.37. The fourth-order valence-corrected chi connectivity index (χ4v) is 2.16. The Morgan fingerprint density at radius 3 is 2.43 bits per heavy atom. The van der Waals surface area contributed by atoms with Gasteiger partial charge in [0.1, 0.15) is 5.75 Å². The lowest BCUT2D eigenvalue weighted by atomic mass is 9.98. The first-order chi connectivity index (χ1) is 10.2. The van der Waals surface area contributed by atoms with Crippen LogP contribution < -0.4 is 10.1 Å². The number of hydrogen-bond donors (Lipinski definition) is 1. The van der Waals surface area contributed by atoms with Gasteiger partial charge in [-0.25, -0.2) is 0 Å². The van der Waals surface area contributed by atoms with Crippen LogP contribution in [0.4, 0.5) is 5.69 Å². The molecule has 0 spiro atoms. The minimum absolute atomic E-state index is 0.163. The van der Waals surface area contributed by atoms with Crippen molar-refractivity contribution in [2.24, 2.45) is 0 Å². The van der Waals surface area contributed by atoms with E-state index < -0.39 is 0 Å². The molecule has 0 saturated carbocycles. The van der Waals surface area contributed by atoms with E-state index >= 15 is 0 Å². The monoisotopic (exact) mass is 283 g/mol. The van der Waals surface area contributed by atoms with Crippen molar-refractivity contribution in [3.05, 3.63) is 59.7 Å². The van der Waals surface area contributed by atoms with Gasteiger partial charge in [-0.15, -0.1) is 0 Å². The standard InChI is InChI=1S/C18H21NO2/c1-4-13(2)14-9-11-15(12-10-14)19-18(20)16-7-5-6-8-17(16)21-3/h5-13H,4H2,1-3H3,(H,19,20)/t13-/m0/s1. The molecule has 1 atom stereocenters. The summed E-state index contributed by atoms with van der Waals surface area (Å²) in [6, 6.07) is 15.2. The quantitative estimate of drug-likeness (QED) is 0.879. The molecular formula is C18H21NO2. The molecule has 0 unspecified atom stereocenters. The van der Waals surface area contributed by atoms with E-state index in [0.29, 0.717) is 17.2 Å². The van der Waals surface area contributed by atoms with Crippen molar-refractivity contribution in [1.82, 2.24) is 0 Å². The van der Waals surface area contributed by atoms with Gasteiger partial charge in [0.2, 0.25) is 0 Å². The number of nitrogens with one attached hydrogen (secondary N) is 1. The fourth-order valence-electron chi connectivity index (χ4n) is 2.16. The number of ether oxygens (including phenoxy) is 1. The molecule has 110 valence electrons. The molecule has 0 saturated heterocycles. The van der Waals surface area contributed by atoms with Gasteiger partial charge in [0.15, 0.2) is 0 Å². The average molecular weight is 283 g/mol. The van der Waals surface area contributed by atoms with Crippen molar-refractivity contribution < 1.29 is 9.53 Å². The Bertz CT molecular complexity index is 605. The molecule has 0 aliphatic carbocycles. The first kappa shape index (κ1) is 15.1. The Morgan fingerprint density at radius 2 is 1.81 bits per heavy atom. The molecule has 2 aromatic rings. The van der Waals surface area contributed by atoms with Gasteiger partial charge in [0.05, 0.1) is 12.7 Å². The highest BCUT2D eigenvalue weighted by atomic mass is 16.5. The summed E-state index contributed by atoms with van der Waals surface area (Å²) in [5.41, 5.74) is 2.61. The lowest BCUT2D eigenvalue weighted by Gasteiger charge is -2.11. The van der Waals surface area contributed by atoms with Gasteiger partial charge in [-0.1, -0.05) is 38.1 Å². The second kappa shape index (κ2) is 6.93. The number of hydrogen-bond acceptors (Lipinski definition) is 2. The Kier molecular flexibility index (Phi) is 4.99. The molecule has 0 bridgehead atoms. The minimum atomic E-state index is -0.163. The Balaban J connectivity index is 2.12. The largest absolute Gasteiger partial charge is 0.496 e. The van der Waals surface area contributed by atoms with Gasteiger partial charge in [-0.2, -0.15) is 0 Å². The molecule has 0 heterocycles. The van der Waals surface area contributed by atoms with Crippen molar-refractivity contribution in [2.45, 2.75) is 26.2 Å². The van der Waals surface area contributed by atoms with Gasteiger partial charge in [-0.05, 0) is 42.2 Å². The predicted octanol–water partition coefficient (Wildman–Crippen LogP) is 4.46. The van der Waals surface area contributed by atoms with Crippen molar-refractivity contribution >= 4 is 11.6 Å². The van der Waals surface area contributed by atoms with Crippen molar-refractivity contribution in [3.8, 4) is 5.75 Å². The zero-order valence-corrected chi connectivity index (χ0v) is 12.7. The molecule has 2 rings (SSSR count). The smallest absolute Gasteiger partial charge is 0.259 e. The zero-order chi connectivity index (χ0) is 15.2. The maximum Gasteiger partial charge on any atom is 0.259 e. The number of rotatable bonds is 5. The molecule has 3 heteroatoms. The maximum absolute atomic E-state index is 12.3. The predicted molar refractivity (Wildman–Crippen MR) is 86.1 cm³/mol. The van der Waals surface area contributed by atoms with E-state index in [0.717, 1.165) is 12.1 Å². The molecule has 1 N–H and O–H groups in total. The molecule has 2 aromatic carbocycles. The number of carbonyl (C=O) groups excluding carboxylic acids is 1. The van der Waals surface area contributed by atoms with Gasteiger partial charge < -0.3 is 10.1 Å². The van der Waals surface area contributed by atoms with Crippen LogP contribution in [0.3, 0.4) is 0 Å². The highest BCUT2D eigenvalue weighted by Gasteiger charge is 2.11. The molecule has 0 fully saturated rings. The van der Waals surface area contributed by atoms with Crippen LogP contribution in [0.1, 0.15) is 42.1 Å². The molecular weight excluding hydrogens is 262 g/mol. The highest BCUT2D eigenvalue weighted by molar-refractivity contribution is 6.06. The van der Waals surface area contributed by atoms with Crippen LogP contribution in [0.2, 0.25) is 0 Å². The summed E-state index contributed by atoms with van der Waals surface area (Å²) < 4.78 is 5.21. The lowest BCUT2D eigenvalue weighted by Crippen LogP contribution is -2.13. The van der Waals surface area contributed by atoms with Crippen LogP contribution in [0.5, 0.6) is 5.75 Å². The second-order valence-corrected chi connectivity index (χ2v) is 5.09. The van der Waals surface area contributed by atoms with Crippen molar-refractivity contribution in [2.75, 3.05) is 12.4 Å². The van der Waals surface area contributed by atoms with E-state index in [1.165, 1.54) is 5.56 Å². The minimum Gasteiger partial charge on any atom is -0.496 e. The third kappa shape index (κ3) is 3.63. The fraction of sp³-hybridized carbons (Fsp3) is 0.278. The lowest BCUT2D eigenvalue weighted by molar-refractivity contribution is 0.102. The third-order valence-electron chi connectivity index (χ3n) is 3.70. The van der Waals surface area contributed by atoms with Crippen LogP contribution in [0, 0.1) is 0 Å². The zero-order valence-electron chi connectivity index (χ0n) is 12.7. The molecule has 3 nitrogen and oxygen atoms in total. The Morgan fingerprint density at radius 1 is 1.14 bits per heavy atom. The normalized spacial score (nSPS) is 11.8. The van der Waals surface area contributed by atoms with E-state index in [1.807, 2.05) is 24.3 Å². The number of benzene rings is 2. The summed E-state index contributed by atoms with van der Waals surface area (Å²) in [7, 11) is 1.56. The molecule has 21 heavy (non-hydrogen) atoms. The first-order valence-electron chi connectivity index (χ1n) is 7.20. The van der Waals surface area contributed by atoms with Crippen molar-refractivity contribution in [1.29, 1.82) is 0 Å². The first-order valence-corrected chi connectivity index (χ1v) is 7.20. The highest BCUT2D eigenvalue weighted by Crippen LogP contribution is 2.22. The molecule has 0 aliphatic heterocycles. The molecule has 1 amide bonds. The van der Waals surface area contributed by atoms with Crippen LogP contribution >= 0.6 is 0 Å². The van der Waals surface area contributed by atoms with Crippen molar-refractivity contribution in [3.63, 3.8) is 0 Å². The van der Waals surface area contributed by atoms with Gasteiger partial charge in [0.25, 0.3) is 5.91 Å². The third-order valence-corrected chi connectivity index (χ3v) is 3.70. The number of anilines is 1. The molecule has 0 aromatic heterocycles. The number of amides is 1. The maximum atomic E-state index is 12.3. The van der Waals surface area contributed by atoms with E-state index in [4.69, 9.17) is 4.74 Å². The second-order valence-electron chi connectivity index (χ2n) is 5.09. The average Bonchev–Trinajstić information content (AvgIpc) is 2.54. The number of carbonyl (C=O) groups is 1. The Hall–Kier alpha value is -2.29. The summed E-state index contributed by atoms with van der Waals surface area (Å²) in [4.78, 5) is 12.3. The molecule has 0 aliphatic rings. The van der Waals surface area contributed by atoms with E-state index in [9.17, 15) is 4.79 Å². The summed E-state index contributed by atoms with van der Waals surface area (Å²) >= 11 is 0. The van der Waals surface area contributed by atoms with Crippen LogP contribution in [0.15, 0.2) is 48.5 Å². The summed E-state index contributed by atoms with van der Waals surface area (Å²) in [5, 5.41) is 2.90. The van der Waals surface area contributed by atoms with E-state index in [2.05, 4.69) is 31.3 Å². The SMILES string of the molecule is CC[C@H](C)c1ccc(NC(=O)c2ccccc2OC)cc1. The topological polar surface area (TPSA) is 38.3 Å². The van der Waals surface area contributed by atoms with Crippen LogP contribution in [-0.4, -0.2) is 13.0 Å². The number of methoxy groups -OCH3 is 1. The van der Waals surface area contributed by atoms with Gasteiger partial charge in [0, 0.05) is 5.69 Å². The van der Waals surface area contributed by atoms with Gasteiger partial charge in [-0.3, -0.25) is 4.79 Å². The summed E-state index contributed by atoms with van der Waals surface area (Å²) in [6.07, 6.45) is 1.10. The van der Waals surface area contributed by atoms with Crippen LogP contribution in [-0.2, 0) is 0 Å². The Labute approximate surface area is 126 Å². The van der Waals surface area contributed by atoms with E-state index in [1.54, 1.807) is 19.2 Å². The van der Waals surface area contributed by atoms with Gasteiger partial charge >= 0.3 is 0 Å². The molecule has 0 radical (unpaired) electrons.